The molecule has 1 heterocycles. The lowest BCUT2D eigenvalue weighted by atomic mass is 9.99. The summed E-state index contributed by atoms with van der Waals surface area (Å²) in [6, 6.07) is 15.8. The number of hydrogen-bond acceptors (Lipinski definition) is 6. The summed E-state index contributed by atoms with van der Waals surface area (Å²) < 4.78 is 16.5. The van der Waals surface area contributed by atoms with E-state index in [1.54, 1.807) is 50.7 Å². The molecule has 0 radical (unpaired) electrons. The third-order valence-corrected chi connectivity index (χ3v) is 5.78. The van der Waals surface area contributed by atoms with Crippen molar-refractivity contribution in [3.8, 4) is 45.4 Å². The Balaban J connectivity index is 1.64. The molecule has 0 fully saturated rings. The molecule has 1 aromatic heterocycles. The smallest absolute Gasteiger partial charge is 0.161 e. The third kappa shape index (κ3) is 4.82. The van der Waals surface area contributed by atoms with E-state index in [-0.39, 0.29) is 12.4 Å². The van der Waals surface area contributed by atoms with Crippen LogP contribution in [-0.4, -0.2) is 29.3 Å². The lowest BCUT2D eigenvalue weighted by Crippen LogP contribution is -1.98. The fraction of sp³-hybridized carbons (Fsp3) is 0.120. The van der Waals surface area contributed by atoms with Crippen molar-refractivity contribution in [1.82, 2.24) is 9.97 Å². The van der Waals surface area contributed by atoms with Gasteiger partial charge >= 0.3 is 0 Å². The van der Waals surface area contributed by atoms with Crippen LogP contribution in [0.4, 0.5) is 0 Å². The van der Waals surface area contributed by atoms with E-state index in [1.807, 2.05) is 18.2 Å². The normalized spacial score (nSPS) is 10.7. The van der Waals surface area contributed by atoms with E-state index in [1.165, 1.54) is 12.4 Å². The van der Waals surface area contributed by atoms with Gasteiger partial charge in [-0.3, -0.25) is 0 Å². The van der Waals surface area contributed by atoms with Crippen molar-refractivity contribution in [1.29, 1.82) is 0 Å². The lowest BCUT2D eigenvalue weighted by molar-refractivity contribution is 0.304. The summed E-state index contributed by atoms with van der Waals surface area (Å²) in [6.07, 6.45) is 3.12. The maximum Gasteiger partial charge on any atom is 0.161 e. The Kier molecular flexibility index (Phi) is 6.87. The molecule has 0 aliphatic heterocycles. The molecule has 168 valence electrons. The molecule has 0 saturated carbocycles. The molecule has 33 heavy (non-hydrogen) atoms. The Hall–Kier alpha value is -3.48. The lowest BCUT2D eigenvalue weighted by Gasteiger charge is -2.14. The van der Waals surface area contributed by atoms with Gasteiger partial charge in [0.15, 0.2) is 11.5 Å². The Labute approximate surface area is 201 Å². The first-order valence-electron chi connectivity index (χ1n) is 9.93. The molecule has 8 heteroatoms. The molecule has 4 rings (SSSR count). The van der Waals surface area contributed by atoms with Gasteiger partial charge in [0, 0.05) is 39.0 Å². The van der Waals surface area contributed by atoms with Crippen molar-refractivity contribution in [2.75, 3.05) is 14.2 Å². The van der Waals surface area contributed by atoms with Crippen molar-refractivity contribution >= 4 is 23.2 Å². The van der Waals surface area contributed by atoms with Crippen LogP contribution in [0.15, 0.2) is 67.1 Å². The van der Waals surface area contributed by atoms with Gasteiger partial charge in [0.05, 0.1) is 19.9 Å². The van der Waals surface area contributed by atoms with Crippen molar-refractivity contribution in [3.05, 3.63) is 82.7 Å². The highest BCUT2D eigenvalue weighted by molar-refractivity contribution is 6.35. The molecule has 0 bridgehead atoms. The summed E-state index contributed by atoms with van der Waals surface area (Å²) in [4.78, 5) is 8.57. The number of halogens is 2. The number of aromatic nitrogens is 2. The van der Waals surface area contributed by atoms with Crippen LogP contribution in [0.25, 0.3) is 22.4 Å². The minimum absolute atomic E-state index is 0.0122. The number of phenols is 1. The van der Waals surface area contributed by atoms with E-state index >= 15 is 0 Å². The van der Waals surface area contributed by atoms with Crippen molar-refractivity contribution in [2.45, 2.75) is 6.61 Å². The van der Waals surface area contributed by atoms with Gasteiger partial charge in [-0.05, 0) is 42.0 Å². The first-order valence-corrected chi connectivity index (χ1v) is 10.7. The molecule has 0 saturated heterocycles. The Morgan fingerprint density at radius 2 is 1.64 bits per heavy atom. The average molecular weight is 483 g/mol. The van der Waals surface area contributed by atoms with E-state index in [2.05, 4.69) is 9.97 Å². The molecule has 0 spiro atoms. The monoisotopic (exact) mass is 482 g/mol. The summed E-state index contributed by atoms with van der Waals surface area (Å²) in [6.45, 7) is 0.168. The van der Waals surface area contributed by atoms with E-state index in [4.69, 9.17) is 37.4 Å². The molecular weight excluding hydrogens is 463 g/mol. The molecule has 0 unspecified atom stereocenters. The highest BCUT2D eigenvalue weighted by Crippen LogP contribution is 2.39. The number of benzene rings is 3. The van der Waals surface area contributed by atoms with E-state index < -0.39 is 0 Å². The van der Waals surface area contributed by atoms with E-state index in [0.29, 0.717) is 44.1 Å². The topological polar surface area (TPSA) is 73.7 Å². The molecule has 4 aromatic rings. The summed E-state index contributed by atoms with van der Waals surface area (Å²) in [5.41, 5.74) is 3.32. The molecule has 3 aromatic carbocycles. The Morgan fingerprint density at radius 1 is 0.879 bits per heavy atom. The zero-order valence-electron chi connectivity index (χ0n) is 17.9. The minimum Gasteiger partial charge on any atom is -0.507 e. The molecule has 0 aliphatic rings. The van der Waals surface area contributed by atoms with Gasteiger partial charge in [-0.1, -0.05) is 35.3 Å². The molecule has 0 atom stereocenters. The molecule has 6 nitrogen and oxygen atoms in total. The predicted octanol–water partition coefficient (Wildman–Crippen LogP) is 6.42. The highest BCUT2D eigenvalue weighted by Gasteiger charge is 2.16. The van der Waals surface area contributed by atoms with Crippen molar-refractivity contribution in [3.63, 3.8) is 0 Å². The third-order valence-electron chi connectivity index (χ3n) is 5.08. The average Bonchev–Trinajstić information content (AvgIpc) is 2.83. The molecule has 0 aliphatic carbocycles. The molecule has 0 amide bonds. The number of phenolic OH excluding ortho intramolecular Hbond substituents is 1. The largest absolute Gasteiger partial charge is 0.507 e. The summed E-state index contributed by atoms with van der Waals surface area (Å²) in [5, 5.41) is 11.8. The Bertz CT molecular complexity index is 1280. The van der Waals surface area contributed by atoms with Crippen LogP contribution in [0.1, 0.15) is 5.56 Å². The number of aromatic hydroxyl groups is 1. The number of nitrogens with zero attached hydrogens (tertiary/aromatic N) is 2. The fourth-order valence-corrected chi connectivity index (χ4v) is 3.89. The quantitative estimate of drug-likeness (QED) is 0.327. The predicted molar refractivity (Wildman–Crippen MR) is 128 cm³/mol. The van der Waals surface area contributed by atoms with Crippen LogP contribution in [0.3, 0.4) is 0 Å². The number of methoxy groups -OCH3 is 2. The van der Waals surface area contributed by atoms with Crippen LogP contribution in [0, 0.1) is 0 Å². The van der Waals surface area contributed by atoms with E-state index in [9.17, 15) is 5.11 Å². The van der Waals surface area contributed by atoms with Gasteiger partial charge in [0.25, 0.3) is 0 Å². The fourth-order valence-electron chi connectivity index (χ4n) is 3.39. The summed E-state index contributed by atoms with van der Waals surface area (Å²) in [5.74, 6) is 1.67. The molecular formula is C25H20Cl2N2O4. The van der Waals surface area contributed by atoms with Crippen LogP contribution in [-0.2, 0) is 6.61 Å². The SMILES string of the molecule is COc1ccc(-c2cncnc2-c2ccc(OCc3c(Cl)cccc3Cl)cc2O)cc1OC. The maximum atomic E-state index is 10.8. The van der Waals surface area contributed by atoms with Crippen molar-refractivity contribution < 1.29 is 19.3 Å². The maximum absolute atomic E-state index is 10.8. The summed E-state index contributed by atoms with van der Waals surface area (Å²) >= 11 is 12.4. The van der Waals surface area contributed by atoms with Gasteiger partial charge in [-0.15, -0.1) is 0 Å². The standard InChI is InChI=1S/C25H20Cl2N2O4/c1-31-23-9-6-15(10-24(23)32-2)18-12-28-14-29-25(18)17-8-7-16(11-22(17)30)33-13-19-20(26)4-3-5-21(19)27/h3-12,14,30H,13H2,1-2H3. The Morgan fingerprint density at radius 3 is 2.33 bits per heavy atom. The first kappa shape index (κ1) is 22.7. The second kappa shape index (κ2) is 9.98. The highest BCUT2D eigenvalue weighted by atomic mass is 35.5. The number of rotatable bonds is 7. The van der Waals surface area contributed by atoms with Gasteiger partial charge in [0.1, 0.15) is 24.4 Å². The van der Waals surface area contributed by atoms with Gasteiger partial charge in [-0.2, -0.15) is 0 Å². The van der Waals surface area contributed by atoms with Crippen LogP contribution in [0.2, 0.25) is 10.0 Å². The first-order chi connectivity index (χ1) is 16.0. The second-order valence-electron chi connectivity index (χ2n) is 7.02. The van der Waals surface area contributed by atoms with Crippen LogP contribution >= 0.6 is 23.2 Å². The second-order valence-corrected chi connectivity index (χ2v) is 7.84. The zero-order chi connectivity index (χ0) is 23.4. The zero-order valence-corrected chi connectivity index (χ0v) is 19.4. The van der Waals surface area contributed by atoms with Crippen LogP contribution in [0.5, 0.6) is 23.0 Å². The van der Waals surface area contributed by atoms with Gasteiger partial charge < -0.3 is 19.3 Å². The number of hydrogen-bond donors (Lipinski definition) is 1. The molecule has 1 N–H and O–H groups in total. The van der Waals surface area contributed by atoms with Crippen LogP contribution < -0.4 is 14.2 Å². The van der Waals surface area contributed by atoms with Gasteiger partial charge in [0.2, 0.25) is 0 Å². The van der Waals surface area contributed by atoms with Gasteiger partial charge in [-0.25, -0.2) is 9.97 Å². The van der Waals surface area contributed by atoms with E-state index in [0.717, 1.165) is 11.1 Å². The number of ether oxygens (including phenoxy) is 3. The minimum atomic E-state index is 0.0122. The van der Waals surface area contributed by atoms with Crippen molar-refractivity contribution in [2.24, 2.45) is 0 Å². The summed E-state index contributed by atoms with van der Waals surface area (Å²) in [7, 11) is 3.15.